The van der Waals surface area contributed by atoms with Crippen molar-refractivity contribution < 1.29 is 9.47 Å². The van der Waals surface area contributed by atoms with E-state index in [0.29, 0.717) is 6.61 Å². The molecule has 1 aromatic heterocycles. The van der Waals surface area contributed by atoms with Gasteiger partial charge in [-0.2, -0.15) is 5.10 Å². The number of rotatable bonds is 9. The molecule has 30 heavy (non-hydrogen) atoms. The first-order valence-corrected chi connectivity index (χ1v) is 10.8. The largest absolute Gasteiger partial charge is 0.491 e. The van der Waals surface area contributed by atoms with Crippen LogP contribution in [-0.4, -0.2) is 53.1 Å². The summed E-state index contributed by atoms with van der Waals surface area (Å²) < 4.78 is 12.8. The SMILES string of the molecule is CCNC(=NCCc1ccc(OC(C)C)cc1)NC1CCc2nc(COC)nn2C1. The average Bonchev–Trinajstić information content (AvgIpc) is 3.11. The van der Waals surface area contributed by atoms with E-state index in [-0.39, 0.29) is 12.1 Å². The molecule has 164 valence electrons. The van der Waals surface area contributed by atoms with Crippen LogP contribution in [-0.2, 0) is 30.7 Å². The molecule has 8 nitrogen and oxygen atoms in total. The van der Waals surface area contributed by atoms with Gasteiger partial charge in [0.05, 0.1) is 12.6 Å². The highest BCUT2D eigenvalue weighted by atomic mass is 16.5. The minimum atomic E-state index is 0.189. The third kappa shape index (κ3) is 6.45. The van der Waals surface area contributed by atoms with E-state index >= 15 is 0 Å². The van der Waals surface area contributed by atoms with E-state index in [0.717, 1.165) is 62.3 Å². The molecular weight excluding hydrogens is 380 g/mol. The van der Waals surface area contributed by atoms with Gasteiger partial charge in [0.1, 0.15) is 18.2 Å². The van der Waals surface area contributed by atoms with Crippen LogP contribution in [0.4, 0.5) is 0 Å². The molecule has 0 saturated carbocycles. The summed E-state index contributed by atoms with van der Waals surface area (Å²) in [5.74, 6) is 3.54. The first-order valence-electron chi connectivity index (χ1n) is 10.8. The lowest BCUT2D eigenvalue weighted by atomic mass is 10.1. The Labute approximate surface area is 179 Å². The molecule has 2 N–H and O–H groups in total. The van der Waals surface area contributed by atoms with Crippen LogP contribution in [0, 0.1) is 0 Å². The Kier molecular flexibility index (Phi) is 8.07. The molecular formula is C22H34N6O2. The zero-order chi connectivity index (χ0) is 21.3. The summed E-state index contributed by atoms with van der Waals surface area (Å²) in [6.07, 6.45) is 2.98. The van der Waals surface area contributed by atoms with Crippen LogP contribution >= 0.6 is 0 Å². The highest BCUT2D eigenvalue weighted by Gasteiger charge is 2.22. The van der Waals surface area contributed by atoms with E-state index in [1.54, 1.807) is 7.11 Å². The summed E-state index contributed by atoms with van der Waals surface area (Å²) in [5.41, 5.74) is 1.25. The normalized spacial score (nSPS) is 16.4. The van der Waals surface area contributed by atoms with Gasteiger partial charge >= 0.3 is 0 Å². The van der Waals surface area contributed by atoms with Gasteiger partial charge < -0.3 is 20.1 Å². The molecule has 3 rings (SSSR count). The van der Waals surface area contributed by atoms with Crippen molar-refractivity contribution in [3.8, 4) is 5.75 Å². The number of fused-ring (bicyclic) bond motifs is 1. The molecule has 8 heteroatoms. The molecule has 0 aliphatic carbocycles. The van der Waals surface area contributed by atoms with Gasteiger partial charge in [-0.25, -0.2) is 9.67 Å². The van der Waals surface area contributed by atoms with E-state index in [1.807, 2.05) is 30.7 Å². The second kappa shape index (κ2) is 11.0. The van der Waals surface area contributed by atoms with Crippen molar-refractivity contribution in [1.29, 1.82) is 0 Å². The maximum atomic E-state index is 5.70. The van der Waals surface area contributed by atoms with Gasteiger partial charge in [-0.15, -0.1) is 0 Å². The zero-order valence-electron chi connectivity index (χ0n) is 18.5. The van der Waals surface area contributed by atoms with Crippen LogP contribution in [0.3, 0.4) is 0 Å². The molecule has 0 amide bonds. The Hall–Kier alpha value is -2.61. The fourth-order valence-corrected chi connectivity index (χ4v) is 3.49. The van der Waals surface area contributed by atoms with Crippen LogP contribution in [0.25, 0.3) is 0 Å². The summed E-state index contributed by atoms with van der Waals surface area (Å²) >= 11 is 0. The van der Waals surface area contributed by atoms with Crippen molar-refractivity contribution in [1.82, 2.24) is 25.4 Å². The minimum absolute atomic E-state index is 0.189. The average molecular weight is 415 g/mol. The summed E-state index contributed by atoms with van der Waals surface area (Å²) in [5, 5.41) is 11.4. The fraction of sp³-hybridized carbons (Fsp3) is 0.591. The van der Waals surface area contributed by atoms with Crippen LogP contribution in [0.15, 0.2) is 29.3 Å². The number of nitrogens with zero attached hydrogens (tertiary/aromatic N) is 4. The molecule has 1 aliphatic heterocycles. The van der Waals surface area contributed by atoms with Gasteiger partial charge in [-0.3, -0.25) is 4.99 Å². The molecule has 1 aliphatic rings. The fourth-order valence-electron chi connectivity index (χ4n) is 3.49. The lowest BCUT2D eigenvalue weighted by Crippen LogP contribution is -2.47. The molecule has 1 unspecified atom stereocenters. The van der Waals surface area contributed by atoms with Crippen molar-refractivity contribution in [2.45, 2.75) is 65.3 Å². The van der Waals surface area contributed by atoms with E-state index in [1.165, 1.54) is 5.56 Å². The van der Waals surface area contributed by atoms with Crippen molar-refractivity contribution in [2.75, 3.05) is 20.2 Å². The topological polar surface area (TPSA) is 85.6 Å². The van der Waals surface area contributed by atoms with Crippen LogP contribution in [0.5, 0.6) is 5.75 Å². The van der Waals surface area contributed by atoms with Gasteiger partial charge in [0.2, 0.25) is 0 Å². The number of benzene rings is 1. The molecule has 0 bridgehead atoms. The van der Waals surface area contributed by atoms with E-state index in [9.17, 15) is 0 Å². The number of aliphatic imine (C=N–C) groups is 1. The Morgan fingerprint density at radius 3 is 2.80 bits per heavy atom. The third-order valence-electron chi connectivity index (χ3n) is 4.83. The molecule has 1 aromatic carbocycles. The predicted molar refractivity (Wildman–Crippen MR) is 118 cm³/mol. The first kappa shape index (κ1) is 22.1. The molecule has 0 saturated heterocycles. The minimum Gasteiger partial charge on any atom is -0.491 e. The molecule has 0 spiro atoms. The lowest BCUT2D eigenvalue weighted by Gasteiger charge is -2.25. The molecule has 0 fully saturated rings. The quantitative estimate of drug-likeness (QED) is 0.484. The Morgan fingerprint density at radius 2 is 2.10 bits per heavy atom. The first-order chi connectivity index (χ1) is 14.6. The molecule has 0 radical (unpaired) electrons. The second-order valence-electron chi connectivity index (χ2n) is 7.76. The molecule has 2 aromatic rings. The van der Waals surface area contributed by atoms with Gasteiger partial charge in [0, 0.05) is 32.7 Å². The number of hydrogen-bond acceptors (Lipinski definition) is 5. The number of aryl methyl sites for hydroxylation is 1. The van der Waals surface area contributed by atoms with Crippen LogP contribution in [0.1, 0.15) is 44.4 Å². The summed E-state index contributed by atoms with van der Waals surface area (Å²) in [7, 11) is 1.66. The highest BCUT2D eigenvalue weighted by molar-refractivity contribution is 5.80. The van der Waals surface area contributed by atoms with Crippen molar-refractivity contribution in [3.05, 3.63) is 41.5 Å². The Balaban J connectivity index is 1.53. The number of nitrogens with one attached hydrogen (secondary N) is 2. The van der Waals surface area contributed by atoms with Crippen molar-refractivity contribution in [2.24, 2.45) is 4.99 Å². The summed E-state index contributed by atoms with van der Waals surface area (Å²) in [6.45, 7) is 8.93. The third-order valence-corrected chi connectivity index (χ3v) is 4.83. The smallest absolute Gasteiger partial charge is 0.191 e. The second-order valence-corrected chi connectivity index (χ2v) is 7.76. The van der Waals surface area contributed by atoms with Crippen molar-refractivity contribution in [3.63, 3.8) is 0 Å². The number of methoxy groups -OCH3 is 1. The lowest BCUT2D eigenvalue weighted by molar-refractivity contribution is 0.177. The number of ether oxygens (including phenoxy) is 2. The van der Waals surface area contributed by atoms with Gasteiger partial charge in [0.25, 0.3) is 0 Å². The van der Waals surface area contributed by atoms with Crippen molar-refractivity contribution >= 4 is 5.96 Å². The number of hydrogen-bond donors (Lipinski definition) is 2. The van der Waals surface area contributed by atoms with E-state index in [2.05, 4.69) is 39.8 Å². The van der Waals surface area contributed by atoms with E-state index in [4.69, 9.17) is 14.5 Å². The van der Waals surface area contributed by atoms with E-state index < -0.39 is 0 Å². The van der Waals surface area contributed by atoms with Gasteiger partial charge in [0.15, 0.2) is 11.8 Å². The van der Waals surface area contributed by atoms with Crippen LogP contribution < -0.4 is 15.4 Å². The monoisotopic (exact) mass is 414 g/mol. The van der Waals surface area contributed by atoms with Gasteiger partial charge in [-0.1, -0.05) is 12.1 Å². The maximum Gasteiger partial charge on any atom is 0.191 e. The maximum absolute atomic E-state index is 5.70. The Bertz CT molecular complexity index is 816. The van der Waals surface area contributed by atoms with Gasteiger partial charge in [-0.05, 0) is 51.3 Å². The number of guanidine groups is 1. The Morgan fingerprint density at radius 1 is 1.30 bits per heavy atom. The van der Waals surface area contributed by atoms with Crippen LogP contribution in [0.2, 0.25) is 0 Å². The number of aromatic nitrogens is 3. The molecule has 1 atom stereocenters. The zero-order valence-corrected chi connectivity index (χ0v) is 18.5. The standard InChI is InChI=1S/C22H34N6O2/c1-5-23-22(24-13-12-17-6-9-19(10-7-17)30-16(2)3)25-18-8-11-21-26-20(15-29-4)27-28(21)14-18/h6-7,9-10,16,18H,5,8,11-15H2,1-4H3,(H2,23,24,25). The molecule has 2 heterocycles. The summed E-state index contributed by atoms with van der Waals surface area (Å²) in [4.78, 5) is 9.30. The summed E-state index contributed by atoms with van der Waals surface area (Å²) in [6, 6.07) is 8.55. The highest BCUT2D eigenvalue weighted by Crippen LogP contribution is 2.15. The predicted octanol–water partition coefficient (Wildman–Crippen LogP) is 2.32.